The number of phosphoric acid groups is 1. The number of esters is 1. The number of nitrogens with one attached hydrogen (secondary N) is 1. The highest BCUT2D eigenvalue weighted by atomic mass is 31.2. The Morgan fingerprint density at radius 2 is 1.64 bits per heavy atom. The van der Waals surface area contributed by atoms with Crippen LogP contribution in [0.2, 0.25) is 0 Å². The Bertz CT molecular complexity index is 1570. The second-order valence-electron chi connectivity index (χ2n) is 17.5. The van der Waals surface area contributed by atoms with Crippen LogP contribution in [-0.2, 0) is 34.4 Å². The summed E-state index contributed by atoms with van der Waals surface area (Å²) in [4.78, 5) is 49.5. The largest absolute Gasteiger partial charge is 0.472 e. The highest BCUT2D eigenvalue weighted by Crippen LogP contribution is 2.48. The smallest absolute Gasteiger partial charge is 0.465 e. The molecular weight excluding hydrogens is 703 g/mol. The lowest BCUT2D eigenvalue weighted by atomic mass is 9.76. The Balaban J connectivity index is 1.36. The third kappa shape index (κ3) is 15.2. The molecule has 1 atom stereocenters. The number of anilines is 1. The number of imidazole rings is 1. The maximum Gasteiger partial charge on any atom is 0.472 e. The number of nitrogen functional groups attached to an aromatic ring is 1. The molecule has 304 valence electrons. The summed E-state index contributed by atoms with van der Waals surface area (Å²) in [5, 5.41) is 0. The summed E-state index contributed by atoms with van der Waals surface area (Å²) < 4.78 is 42.7. The molecule has 2 aromatic heterocycles. The molecule has 0 spiro atoms. The Hall–Kier alpha value is -2.55. The summed E-state index contributed by atoms with van der Waals surface area (Å²) in [5.41, 5.74) is 4.69. The van der Waals surface area contributed by atoms with Gasteiger partial charge in [0.1, 0.15) is 5.52 Å². The number of H-pyrrole nitrogens is 1. The number of hydrogen-bond donors (Lipinski definition) is 3. The van der Waals surface area contributed by atoms with E-state index >= 15 is 0 Å². The molecule has 3 rings (SSSR count). The van der Waals surface area contributed by atoms with Crippen molar-refractivity contribution in [1.29, 1.82) is 0 Å². The van der Waals surface area contributed by atoms with Gasteiger partial charge < -0.3 is 34.7 Å². The number of piperidine rings is 1. The molecule has 1 saturated heterocycles. The Morgan fingerprint density at radius 3 is 2.28 bits per heavy atom. The number of nitrogens with two attached hydrogens (primary N) is 1. The first-order valence-electron chi connectivity index (χ1n) is 19.1. The lowest BCUT2D eigenvalue weighted by Gasteiger charge is -2.32. The van der Waals surface area contributed by atoms with Crippen LogP contribution in [0.4, 0.5) is 5.82 Å². The Labute approximate surface area is 315 Å². The first-order valence-corrected chi connectivity index (χ1v) is 20.6. The number of unbranched alkanes of at least 4 members (excludes halogenated alkanes) is 1. The van der Waals surface area contributed by atoms with Gasteiger partial charge in [0.2, 0.25) is 0 Å². The monoisotopic (exact) mass is 770 g/mol. The number of aromatic nitrogens is 4. The van der Waals surface area contributed by atoms with E-state index in [0.717, 1.165) is 45.2 Å². The van der Waals surface area contributed by atoms with Crippen LogP contribution in [0.25, 0.3) is 11.2 Å². The molecule has 1 unspecified atom stereocenters. The number of carbonyl (C=O) groups is 1. The van der Waals surface area contributed by atoms with Crippen molar-refractivity contribution < 1.29 is 37.5 Å². The number of carbonyl (C=O) groups excluding carboxylic acids is 1. The average molecular weight is 771 g/mol. The van der Waals surface area contributed by atoms with Crippen molar-refractivity contribution in [1.82, 2.24) is 24.4 Å². The van der Waals surface area contributed by atoms with E-state index in [1.807, 2.05) is 27.7 Å². The third-order valence-corrected chi connectivity index (χ3v) is 10.6. The van der Waals surface area contributed by atoms with Crippen LogP contribution >= 0.6 is 7.82 Å². The van der Waals surface area contributed by atoms with Crippen LogP contribution in [0.3, 0.4) is 0 Å². The molecule has 0 aromatic carbocycles. The molecule has 0 aliphatic carbocycles. The molecule has 2 aromatic rings. The minimum Gasteiger partial charge on any atom is -0.465 e. The van der Waals surface area contributed by atoms with E-state index in [-0.39, 0.29) is 41.4 Å². The van der Waals surface area contributed by atoms with Crippen molar-refractivity contribution in [3.05, 3.63) is 10.5 Å². The predicted molar refractivity (Wildman–Crippen MR) is 206 cm³/mol. The zero-order valence-corrected chi connectivity index (χ0v) is 34.8. The molecule has 1 aliphatic heterocycles. The van der Waals surface area contributed by atoms with Gasteiger partial charge in [-0.05, 0) is 111 Å². The van der Waals surface area contributed by atoms with Crippen LogP contribution in [0.15, 0.2) is 4.79 Å². The van der Waals surface area contributed by atoms with Gasteiger partial charge in [-0.1, -0.05) is 34.1 Å². The average Bonchev–Trinajstić information content (AvgIpc) is 3.33. The molecule has 0 bridgehead atoms. The molecule has 53 heavy (non-hydrogen) atoms. The summed E-state index contributed by atoms with van der Waals surface area (Å²) in [5.74, 6) is 0.225. The molecule has 1 fully saturated rings. The fourth-order valence-electron chi connectivity index (χ4n) is 6.79. The molecule has 0 saturated carbocycles. The van der Waals surface area contributed by atoms with Crippen molar-refractivity contribution in [2.75, 3.05) is 51.8 Å². The van der Waals surface area contributed by atoms with E-state index in [0.29, 0.717) is 63.3 Å². The predicted octanol–water partition coefficient (Wildman–Crippen LogP) is 6.48. The standard InChI is InChI=1S/C37H67N6O9P/c1-11-12-21-49-32-40-29(38)28-30(41-32)43(33(45)39-28)25-27-14-18-42(19-15-27)20-24-51-53(46,47)52-37(9,10)17-23-50-36(7,8)16-13-22-48-31(44)35(5,6)26-34(2,3)4/h27H,11-26H2,1-10H3,(H,39,45)(H,46,47)(H2,38,40,41). The summed E-state index contributed by atoms with van der Waals surface area (Å²) in [6, 6.07) is 0.163. The lowest BCUT2D eigenvalue weighted by molar-refractivity contribution is -0.156. The van der Waals surface area contributed by atoms with Crippen LogP contribution in [0, 0.1) is 16.7 Å². The summed E-state index contributed by atoms with van der Waals surface area (Å²) in [6.45, 7) is 23.3. The van der Waals surface area contributed by atoms with Crippen molar-refractivity contribution >= 4 is 30.8 Å². The topological polar surface area (TPSA) is 193 Å². The van der Waals surface area contributed by atoms with E-state index in [4.69, 9.17) is 29.0 Å². The number of rotatable bonds is 22. The van der Waals surface area contributed by atoms with E-state index in [1.54, 1.807) is 18.4 Å². The van der Waals surface area contributed by atoms with Gasteiger partial charge >= 0.3 is 25.5 Å². The highest BCUT2D eigenvalue weighted by molar-refractivity contribution is 7.47. The quantitative estimate of drug-likeness (QED) is 0.0670. The normalized spacial score (nSPS) is 16.6. The molecule has 0 amide bonds. The van der Waals surface area contributed by atoms with E-state index in [1.165, 1.54) is 0 Å². The number of aromatic amines is 1. The molecule has 1 aliphatic rings. The van der Waals surface area contributed by atoms with Gasteiger partial charge in [-0.3, -0.25) is 18.4 Å². The zero-order valence-electron chi connectivity index (χ0n) is 33.9. The number of phosphoric ester groups is 1. The van der Waals surface area contributed by atoms with Crippen LogP contribution in [-0.4, -0.2) is 92.5 Å². The van der Waals surface area contributed by atoms with Crippen molar-refractivity contribution in [2.24, 2.45) is 16.7 Å². The van der Waals surface area contributed by atoms with Crippen molar-refractivity contribution in [2.45, 2.75) is 138 Å². The zero-order chi connectivity index (χ0) is 39.7. The first-order chi connectivity index (χ1) is 24.5. The summed E-state index contributed by atoms with van der Waals surface area (Å²) >= 11 is 0. The van der Waals surface area contributed by atoms with E-state index < -0.39 is 24.4 Å². The van der Waals surface area contributed by atoms with Gasteiger partial charge in [0.15, 0.2) is 11.5 Å². The summed E-state index contributed by atoms with van der Waals surface area (Å²) in [6.07, 6.45) is 5.95. The maximum absolute atomic E-state index is 12.8. The SMILES string of the molecule is CCCCOc1nc(N)c2[nH]c(=O)n(CC3CCN(CCOP(=O)(O)OC(C)(C)CCOC(C)(C)CCCOC(=O)C(C)(C)CC(C)(C)C)CC3)c2n1. The number of hydrogen-bond acceptors (Lipinski definition) is 12. The molecule has 4 N–H and O–H groups in total. The first kappa shape index (κ1) is 44.8. The number of fused-ring (bicyclic) bond motifs is 1. The van der Waals surface area contributed by atoms with Gasteiger partial charge in [0.25, 0.3) is 0 Å². The molecule has 0 radical (unpaired) electrons. The Kier molecular flexibility index (Phi) is 16.0. The fourth-order valence-corrected chi connectivity index (χ4v) is 7.88. The Morgan fingerprint density at radius 1 is 0.962 bits per heavy atom. The highest BCUT2D eigenvalue weighted by Gasteiger charge is 2.35. The van der Waals surface area contributed by atoms with Crippen LogP contribution in [0.1, 0.15) is 121 Å². The molecule has 16 heteroatoms. The molecule has 15 nitrogen and oxygen atoms in total. The van der Waals surface area contributed by atoms with E-state index in [9.17, 15) is 19.0 Å². The second kappa shape index (κ2) is 18.9. The van der Waals surface area contributed by atoms with Crippen LogP contribution < -0.4 is 16.2 Å². The number of ether oxygens (including phenoxy) is 3. The maximum atomic E-state index is 12.8. The van der Waals surface area contributed by atoms with Gasteiger partial charge in [-0.25, -0.2) is 9.36 Å². The minimum absolute atomic E-state index is 0.0267. The van der Waals surface area contributed by atoms with Crippen molar-refractivity contribution in [3.8, 4) is 6.01 Å². The van der Waals surface area contributed by atoms with Crippen LogP contribution in [0.5, 0.6) is 6.01 Å². The molecular formula is C37H67N6O9P. The third-order valence-electron chi connectivity index (χ3n) is 9.41. The number of likely N-dealkylation sites (tertiary alicyclic amines) is 1. The van der Waals surface area contributed by atoms with E-state index in [2.05, 4.69) is 47.5 Å². The van der Waals surface area contributed by atoms with Crippen molar-refractivity contribution in [3.63, 3.8) is 0 Å². The molecule has 3 heterocycles. The fraction of sp³-hybridized carbons (Fsp3) is 0.838. The summed E-state index contributed by atoms with van der Waals surface area (Å²) in [7, 11) is -4.32. The minimum atomic E-state index is -4.32. The number of nitrogens with zero attached hydrogens (tertiary/aromatic N) is 4. The second-order valence-corrected chi connectivity index (χ2v) is 18.9. The van der Waals surface area contributed by atoms with Gasteiger partial charge in [0, 0.05) is 13.1 Å². The van der Waals surface area contributed by atoms with Gasteiger partial charge in [-0.2, -0.15) is 9.97 Å². The van der Waals surface area contributed by atoms with Gasteiger partial charge in [-0.15, -0.1) is 0 Å². The lowest BCUT2D eigenvalue weighted by Crippen LogP contribution is -2.38. The van der Waals surface area contributed by atoms with Gasteiger partial charge in [0.05, 0.1) is 43.0 Å².